The number of nitrogens with two attached hydrogens (primary N) is 8. The molecule has 0 fully saturated rings. The Bertz CT molecular complexity index is 6730. The third kappa shape index (κ3) is 32.5. The Labute approximate surface area is 857 Å². The fraction of sp³-hybridized carbons (Fsp3) is 0.363. The topological polar surface area (TPSA) is 819 Å². The maximum absolute atomic E-state index is 16.1. The average molecular weight is 2040 g/mol. The molecule has 0 saturated heterocycles. The van der Waals surface area contributed by atoms with Crippen LogP contribution in [0, 0.1) is 27.0 Å². The van der Waals surface area contributed by atoms with Gasteiger partial charge in [-0.15, -0.1) is 0 Å². The first-order valence-electron chi connectivity index (χ1n) is 49.5. The Kier molecular flexibility index (Phi) is 40.3. The number of hydrogen-bond donors (Lipinski definition) is 35. The molecule has 6 heterocycles. The number of aromatic amines is 6. The van der Waals surface area contributed by atoms with Crippen molar-refractivity contribution in [2.45, 2.75) is 194 Å². The summed E-state index contributed by atoms with van der Waals surface area (Å²) in [5, 5.41) is 88.0. The number of unbranched alkanes of at least 4 members (excludes halogenated alkanes) is 1. The Balaban J connectivity index is 0.856. The van der Waals surface area contributed by atoms with Crippen LogP contribution in [0.4, 0.5) is 0 Å². The maximum Gasteiger partial charge on any atom is 0.243 e. The number of carbonyl (C=O) groups excluding carboxylic acids is 12. The molecule has 0 saturated carbocycles. The summed E-state index contributed by atoms with van der Waals surface area (Å²) in [5.74, 6) is -12.4. The Morgan fingerprint density at radius 3 is 0.631 bits per heavy atom. The van der Waals surface area contributed by atoms with Crippen LogP contribution in [0.25, 0.3) is 65.4 Å². The summed E-state index contributed by atoms with van der Waals surface area (Å²) >= 11 is 0. The van der Waals surface area contributed by atoms with E-state index in [-0.39, 0.29) is 167 Å². The van der Waals surface area contributed by atoms with Gasteiger partial charge in [-0.2, -0.15) is 0 Å². The summed E-state index contributed by atoms with van der Waals surface area (Å²) in [6, 6.07) is 27.1. The second-order valence-electron chi connectivity index (χ2n) is 36.8. The molecule has 149 heavy (non-hydrogen) atoms. The van der Waals surface area contributed by atoms with Crippen LogP contribution < -0.4 is 131 Å². The minimum absolute atomic E-state index is 0.00467. The molecule has 12 atom stereocenters. The number of primary amides is 1. The first-order chi connectivity index (χ1) is 71.7. The molecule has 0 aliphatic carbocycles. The predicted octanol–water partition coefficient (Wildman–Crippen LogP) is -0.0788. The number of nitrogens with one attached hydrogen (secondary N) is 27. The lowest BCUT2D eigenvalue weighted by Gasteiger charge is -2.28. The van der Waals surface area contributed by atoms with Gasteiger partial charge in [-0.05, 0) is 166 Å². The van der Waals surface area contributed by atoms with E-state index in [4.69, 9.17) is 72.9 Å². The number of amides is 12. The van der Waals surface area contributed by atoms with Crippen molar-refractivity contribution in [1.29, 1.82) is 27.0 Å². The molecule has 12 aromatic rings. The van der Waals surface area contributed by atoms with Gasteiger partial charge in [0.1, 0.15) is 60.4 Å². The fourth-order valence-electron chi connectivity index (χ4n) is 18.0. The third-order valence-electron chi connectivity index (χ3n) is 25.8. The number of benzene rings is 6. The van der Waals surface area contributed by atoms with Crippen molar-refractivity contribution in [2.75, 3.05) is 39.3 Å². The van der Waals surface area contributed by atoms with Gasteiger partial charge in [0.2, 0.25) is 70.9 Å². The first-order valence-corrected chi connectivity index (χ1v) is 49.5. The van der Waals surface area contributed by atoms with E-state index < -0.39 is 167 Å². The molecule has 6 aromatic carbocycles. The van der Waals surface area contributed by atoms with Crippen molar-refractivity contribution in [3.8, 4) is 0 Å². The van der Waals surface area contributed by atoms with Crippen LogP contribution in [0.5, 0.6) is 0 Å². The van der Waals surface area contributed by atoms with Crippen molar-refractivity contribution >= 4 is 166 Å². The third-order valence-corrected chi connectivity index (χ3v) is 25.8. The number of aromatic nitrogens is 6. The highest BCUT2D eigenvalue weighted by Crippen LogP contribution is 2.28. The average Bonchev–Trinajstić information content (AvgIpc) is 1.68. The van der Waals surface area contributed by atoms with Gasteiger partial charge >= 0.3 is 0 Å². The van der Waals surface area contributed by atoms with Crippen LogP contribution in [0.3, 0.4) is 0 Å². The molecule has 0 bridgehead atoms. The van der Waals surface area contributed by atoms with Crippen molar-refractivity contribution in [1.82, 2.24) is 115 Å². The molecular weight excluding hydrogens is 1910 g/mol. The lowest BCUT2D eigenvalue weighted by Crippen LogP contribution is -2.61. The minimum Gasteiger partial charge on any atom is -0.370 e. The van der Waals surface area contributed by atoms with Crippen LogP contribution in [0.2, 0.25) is 0 Å². The van der Waals surface area contributed by atoms with Gasteiger partial charge in [-0.1, -0.05) is 109 Å². The van der Waals surface area contributed by atoms with Gasteiger partial charge in [0, 0.05) is 168 Å². The molecule has 47 heteroatoms. The van der Waals surface area contributed by atoms with E-state index in [1.54, 1.807) is 55.4 Å². The van der Waals surface area contributed by atoms with Crippen LogP contribution in [0.1, 0.15) is 117 Å². The van der Waals surface area contributed by atoms with E-state index in [0.717, 1.165) is 65.6 Å². The van der Waals surface area contributed by atoms with Gasteiger partial charge in [-0.25, -0.2) is 0 Å². The molecular formula is C102H135N35O12. The Hall–Kier alpha value is -17.5. The maximum atomic E-state index is 16.1. The van der Waals surface area contributed by atoms with E-state index >= 15 is 33.6 Å². The van der Waals surface area contributed by atoms with Gasteiger partial charge in [0.05, 0.1) is 12.1 Å². The molecule has 0 aliphatic heterocycles. The summed E-state index contributed by atoms with van der Waals surface area (Å²) in [5.41, 5.74) is 55.9. The van der Waals surface area contributed by atoms with Crippen molar-refractivity contribution < 1.29 is 57.5 Å². The highest BCUT2D eigenvalue weighted by Gasteiger charge is 2.38. The van der Waals surface area contributed by atoms with Crippen LogP contribution >= 0.6 is 0 Å². The van der Waals surface area contributed by atoms with Crippen LogP contribution in [-0.4, -0.2) is 242 Å². The molecule has 790 valence electrons. The molecule has 0 unspecified atom stereocenters. The zero-order chi connectivity index (χ0) is 107. The predicted molar refractivity (Wildman–Crippen MR) is 569 cm³/mol. The molecule has 47 nitrogen and oxygen atoms in total. The lowest BCUT2D eigenvalue weighted by atomic mass is 10.00. The highest BCUT2D eigenvalue weighted by molar-refractivity contribution is 6.01. The number of fused-ring (bicyclic) bond motifs is 6. The number of hydrogen-bond acceptors (Lipinski definition) is 19. The summed E-state index contributed by atoms with van der Waals surface area (Å²) < 4.78 is 0. The highest BCUT2D eigenvalue weighted by atomic mass is 16.2. The molecule has 0 spiro atoms. The summed E-state index contributed by atoms with van der Waals surface area (Å²) in [6.07, 6.45) is 9.13. The van der Waals surface area contributed by atoms with Gasteiger partial charge in [0.25, 0.3) is 0 Å². The van der Waals surface area contributed by atoms with E-state index in [1.807, 2.05) is 127 Å². The quantitative estimate of drug-likeness (QED) is 0.0135. The van der Waals surface area contributed by atoms with Gasteiger partial charge in [-0.3, -0.25) is 84.6 Å². The zero-order valence-electron chi connectivity index (χ0n) is 82.4. The lowest BCUT2D eigenvalue weighted by molar-refractivity contribution is -0.136. The number of rotatable bonds is 59. The fourth-order valence-corrected chi connectivity index (χ4v) is 18.0. The van der Waals surface area contributed by atoms with E-state index in [9.17, 15) is 24.0 Å². The molecule has 43 N–H and O–H groups in total. The minimum atomic E-state index is -1.68. The summed E-state index contributed by atoms with van der Waals surface area (Å²) in [4.78, 5) is 200. The Morgan fingerprint density at radius 2 is 0.396 bits per heavy atom. The monoisotopic (exact) mass is 2040 g/mol. The number of guanidine groups is 5. The Morgan fingerprint density at radius 1 is 0.215 bits per heavy atom. The van der Waals surface area contributed by atoms with E-state index in [2.05, 4.69) is 115 Å². The van der Waals surface area contributed by atoms with Gasteiger partial charge in [0.15, 0.2) is 29.8 Å². The SMILES string of the molecule is N=C(N)NCCC[C@H](NC(=O)[C@H](CCCNC(=N)N)NC(=O)[C@H](CCCNC(=N)N)NC(=O)[C@H](CCCNC(=N)N)NC(=O)[C@H](CCCNC(=N)N)NC(=O)[C@H](CCCCNC(=O)[C@H](Cc1c[nH]c2ccccc12)NC(=O)[C@H](Cc1c[nH]c2ccccc12)NC(=O)[C@@H](N)Cc1c[nH]c2ccccc12)NC(=O)[C@H](Cc1c[nH]c2ccccc12)NC(=O)[C@H](Cc1c[nH]c2ccccc12)NC(=O)[C@@H](N)Cc1c[nH]c2ccccc12)C(N)=O. The smallest absolute Gasteiger partial charge is 0.243 e. The normalized spacial score (nSPS) is 13.7. The largest absolute Gasteiger partial charge is 0.370 e. The van der Waals surface area contributed by atoms with Crippen LogP contribution in [-0.2, 0) is 96.1 Å². The number of H-pyrrole nitrogens is 6. The summed E-state index contributed by atoms with van der Waals surface area (Å²) in [7, 11) is 0. The zero-order valence-corrected chi connectivity index (χ0v) is 82.4. The van der Waals surface area contributed by atoms with Crippen molar-refractivity contribution in [3.63, 3.8) is 0 Å². The van der Waals surface area contributed by atoms with Crippen molar-refractivity contribution in [3.05, 3.63) is 216 Å². The standard InChI is InChI=1S/C102H135N35O12/c103-68(44-56-50-122-70-26-7-1-20-62(56)70)87(139)134-83(47-59-53-125-73-29-10-4-23-65(59)73)96(148)136-82(46-58-52-124-72-28-9-3-22-64(58)72)89(141)116-38-14-13-32-77(133-95(147)85(49-61-55-127-75-31-12-6-25-67(61)75)137-97(149)84(48-60-54-126-74-30-11-5-24-66(60)74)135-88(140)69(104)45-57-51-123-71-27-8-2-21-63(57)71)91(143)130-79(35-17-41-119-100(110)111)93(145)132-81(37-19-43-121-102(114)115)94(146)131-80(36-18-42-120-101(112)113)92(144)129-78(34-16-40-118-99(108)109)90(142)128-76(86(105)138)33-15-39-117-98(106)107/h1-12,20-31,50-55,68-69,76-85,122-127H,13-19,32-49,103-104H2,(H2,105,138)(H,116,141)(H,128,142)(H,129,144)(H,130,143)(H,131,146)(H,132,145)(H,133,147)(H,134,139)(H,135,140)(H,136,148)(H,137,149)(H4,106,107,117)(H4,108,109,118)(H4,110,111,119)(H4,112,113,120)(H4,114,115,121)/t68-,69-,76-,77-,78-,79-,80-,81-,82-,83-,84-,85-/m0/s1. The van der Waals surface area contributed by atoms with E-state index in [0.29, 0.717) is 33.2 Å². The second kappa shape index (κ2) is 54.4. The second-order valence-corrected chi connectivity index (χ2v) is 36.8. The van der Waals surface area contributed by atoms with E-state index in [1.165, 1.54) is 0 Å². The number of para-hydroxylation sites is 6. The summed E-state index contributed by atoms with van der Waals surface area (Å²) in [6.45, 7) is -0.0939. The van der Waals surface area contributed by atoms with Gasteiger partial charge < -0.3 is 161 Å². The molecule has 0 aliphatic rings. The molecule has 12 amide bonds. The first kappa shape index (κ1) is 110. The number of carbonyl (C=O) groups is 12. The molecule has 0 radical (unpaired) electrons. The van der Waals surface area contributed by atoms with Crippen LogP contribution in [0.15, 0.2) is 183 Å². The molecule has 6 aromatic heterocycles. The van der Waals surface area contributed by atoms with Crippen molar-refractivity contribution in [2.24, 2.45) is 45.9 Å². The molecule has 12 rings (SSSR count).